The average Bonchev–Trinajstić information content (AvgIpc) is 3.13. The predicted molar refractivity (Wildman–Crippen MR) is 123 cm³/mol. The summed E-state index contributed by atoms with van der Waals surface area (Å²) in [6.07, 6.45) is 6.41. The molecule has 1 spiro atoms. The Morgan fingerprint density at radius 3 is 2.07 bits per heavy atom. The molecule has 3 aromatic carbocycles. The molecule has 0 saturated carbocycles. The Bertz CT molecular complexity index is 1110. The van der Waals surface area contributed by atoms with Gasteiger partial charge in [0.05, 0.1) is 5.41 Å². The van der Waals surface area contributed by atoms with Crippen LogP contribution < -0.4 is 0 Å². The lowest BCUT2D eigenvalue weighted by atomic mass is 9.71. The van der Waals surface area contributed by atoms with Crippen molar-refractivity contribution in [2.24, 2.45) is 0 Å². The summed E-state index contributed by atoms with van der Waals surface area (Å²) in [4.78, 5) is 0. The molecule has 0 aliphatic heterocycles. The van der Waals surface area contributed by atoms with E-state index in [-0.39, 0.29) is 5.41 Å². The van der Waals surface area contributed by atoms with Crippen LogP contribution in [0.5, 0.6) is 0 Å². The Balaban J connectivity index is 1.96. The van der Waals surface area contributed by atoms with E-state index < -0.39 is 0 Å². The van der Waals surface area contributed by atoms with Gasteiger partial charge in [-0.2, -0.15) is 0 Å². The summed E-state index contributed by atoms with van der Waals surface area (Å²) in [5.74, 6) is 0. The van der Waals surface area contributed by atoms with Crippen LogP contribution in [0.3, 0.4) is 0 Å². The maximum Gasteiger partial charge on any atom is 0.0720 e. The largest absolute Gasteiger partial charge is 0.0936 e. The molecule has 0 heterocycles. The minimum atomic E-state index is -0.295. The number of benzene rings is 3. The molecule has 0 nitrogen and oxygen atoms in total. The minimum Gasteiger partial charge on any atom is -0.0936 e. The lowest BCUT2D eigenvalue weighted by Gasteiger charge is -2.30. The summed E-state index contributed by atoms with van der Waals surface area (Å²) in [5, 5.41) is 0. The molecule has 1 heteroatoms. The fraction of sp³-hybridized carbons (Fsp3) is 0.0769. The van der Waals surface area contributed by atoms with Crippen molar-refractivity contribution in [3.8, 4) is 11.1 Å². The van der Waals surface area contributed by atoms with E-state index in [0.717, 1.165) is 0 Å². The van der Waals surface area contributed by atoms with Gasteiger partial charge in [-0.05, 0) is 86.2 Å². The topological polar surface area (TPSA) is 0 Å². The van der Waals surface area contributed by atoms with Crippen molar-refractivity contribution < 1.29 is 0 Å². The van der Waals surface area contributed by atoms with Gasteiger partial charge in [0.2, 0.25) is 0 Å². The van der Waals surface area contributed by atoms with Gasteiger partial charge in [-0.3, -0.25) is 0 Å². The molecule has 0 N–H and O–H groups in total. The second-order valence-corrected chi connectivity index (χ2v) is 8.36. The second kappa shape index (κ2) is 6.07. The molecule has 0 bridgehead atoms. The van der Waals surface area contributed by atoms with E-state index in [1.165, 1.54) is 48.1 Å². The van der Waals surface area contributed by atoms with Gasteiger partial charge in [-0.15, -0.1) is 0 Å². The molecule has 0 radical (unpaired) electrons. The maximum absolute atomic E-state index is 4.66. The number of halogens is 1. The summed E-state index contributed by atoms with van der Waals surface area (Å²) < 4.78 is 1.26. The van der Waals surface area contributed by atoms with E-state index >= 15 is 0 Å². The SMILES string of the molecule is C=C1/C(=C\C=C/C)c2ccc(I)cc2C12c1ccccc1-c1ccccc12. The van der Waals surface area contributed by atoms with Crippen molar-refractivity contribution in [2.75, 3.05) is 0 Å². The van der Waals surface area contributed by atoms with Crippen LogP contribution in [-0.4, -0.2) is 0 Å². The number of allylic oxidation sites excluding steroid dienone is 5. The fourth-order valence-electron chi connectivity index (χ4n) is 4.82. The number of fused-ring (bicyclic) bond motifs is 7. The highest BCUT2D eigenvalue weighted by Gasteiger charge is 2.52. The normalized spacial score (nSPS) is 17.6. The maximum atomic E-state index is 4.66. The molecule has 5 rings (SSSR count). The first-order chi connectivity index (χ1) is 13.2. The molecule has 3 aromatic rings. The number of hydrogen-bond donors (Lipinski definition) is 0. The van der Waals surface area contributed by atoms with Crippen LogP contribution in [-0.2, 0) is 5.41 Å². The summed E-state index contributed by atoms with van der Waals surface area (Å²) in [6.45, 7) is 6.72. The van der Waals surface area contributed by atoms with Crippen molar-refractivity contribution in [2.45, 2.75) is 12.3 Å². The smallest absolute Gasteiger partial charge is 0.0720 e. The Labute approximate surface area is 174 Å². The van der Waals surface area contributed by atoms with Crippen LogP contribution in [0.2, 0.25) is 0 Å². The standard InChI is InChI=1S/C26H19I/c1-3-4-9-19-17(2)26(25-16-18(27)14-15-22(19)25)23-12-7-5-10-20(23)21-11-6-8-13-24(21)26/h3-16H,2H2,1H3/b4-3-,19-9+. The highest BCUT2D eigenvalue weighted by molar-refractivity contribution is 14.1. The molecular weight excluding hydrogens is 439 g/mol. The zero-order chi connectivity index (χ0) is 18.6. The van der Waals surface area contributed by atoms with Crippen molar-refractivity contribution in [1.29, 1.82) is 0 Å². The van der Waals surface area contributed by atoms with E-state index in [0.29, 0.717) is 0 Å². The minimum absolute atomic E-state index is 0.295. The number of rotatable bonds is 1. The molecule has 27 heavy (non-hydrogen) atoms. The highest BCUT2D eigenvalue weighted by Crippen LogP contribution is 2.63. The predicted octanol–water partition coefficient (Wildman–Crippen LogP) is 7.14. The fourth-order valence-corrected chi connectivity index (χ4v) is 5.31. The first-order valence-corrected chi connectivity index (χ1v) is 10.3. The first-order valence-electron chi connectivity index (χ1n) is 9.22. The van der Waals surface area contributed by atoms with Gasteiger partial charge in [0.25, 0.3) is 0 Å². The van der Waals surface area contributed by atoms with Crippen molar-refractivity contribution in [1.82, 2.24) is 0 Å². The van der Waals surface area contributed by atoms with E-state index in [9.17, 15) is 0 Å². The third-order valence-electron chi connectivity index (χ3n) is 5.86. The summed E-state index contributed by atoms with van der Waals surface area (Å²) in [5.41, 5.74) is 10.1. The van der Waals surface area contributed by atoms with Crippen LogP contribution in [0.1, 0.15) is 29.2 Å². The molecule has 0 unspecified atom stereocenters. The highest BCUT2D eigenvalue weighted by atomic mass is 127. The lowest BCUT2D eigenvalue weighted by Crippen LogP contribution is -2.25. The van der Waals surface area contributed by atoms with Gasteiger partial charge in [0.1, 0.15) is 0 Å². The second-order valence-electron chi connectivity index (χ2n) is 7.12. The van der Waals surface area contributed by atoms with Gasteiger partial charge in [0, 0.05) is 3.57 Å². The van der Waals surface area contributed by atoms with Crippen LogP contribution >= 0.6 is 22.6 Å². The third-order valence-corrected chi connectivity index (χ3v) is 6.53. The molecular formula is C26H19I. The summed E-state index contributed by atoms with van der Waals surface area (Å²) in [6, 6.07) is 24.4. The zero-order valence-corrected chi connectivity index (χ0v) is 17.3. The molecule has 2 aliphatic carbocycles. The third kappa shape index (κ3) is 2.09. The Hall–Kier alpha value is -2.39. The molecule has 0 fully saturated rings. The van der Waals surface area contributed by atoms with Crippen molar-refractivity contribution >= 4 is 28.2 Å². The molecule has 0 aromatic heterocycles. The van der Waals surface area contributed by atoms with Crippen molar-refractivity contribution in [3.05, 3.63) is 123 Å². The monoisotopic (exact) mass is 458 g/mol. The van der Waals surface area contributed by atoms with E-state index in [4.69, 9.17) is 0 Å². The Kier molecular flexibility index (Phi) is 3.76. The van der Waals surface area contributed by atoms with E-state index in [1.54, 1.807) is 0 Å². The van der Waals surface area contributed by atoms with Crippen LogP contribution in [0.4, 0.5) is 0 Å². The first kappa shape index (κ1) is 16.8. The Morgan fingerprint density at radius 1 is 0.815 bits per heavy atom. The van der Waals surface area contributed by atoms with Crippen molar-refractivity contribution in [3.63, 3.8) is 0 Å². The molecule has 130 valence electrons. The van der Waals surface area contributed by atoms with Crippen LogP contribution in [0.25, 0.3) is 16.7 Å². The average molecular weight is 458 g/mol. The zero-order valence-electron chi connectivity index (χ0n) is 15.2. The van der Waals surface area contributed by atoms with E-state index in [1.807, 2.05) is 0 Å². The van der Waals surface area contributed by atoms with Crippen LogP contribution in [0, 0.1) is 3.57 Å². The molecule has 0 atom stereocenters. The van der Waals surface area contributed by atoms with Gasteiger partial charge >= 0.3 is 0 Å². The molecule has 0 saturated heterocycles. The van der Waals surface area contributed by atoms with Gasteiger partial charge in [0.15, 0.2) is 0 Å². The number of hydrogen-bond acceptors (Lipinski definition) is 0. The molecule has 0 amide bonds. The van der Waals surface area contributed by atoms with Gasteiger partial charge in [-0.1, -0.05) is 79.4 Å². The van der Waals surface area contributed by atoms with Gasteiger partial charge < -0.3 is 0 Å². The molecule has 2 aliphatic rings. The summed E-state index contributed by atoms with van der Waals surface area (Å²) in [7, 11) is 0. The summed E-state index contributed by atoms with van der Waals surface area (Å²) >= 11 is 2.42. The van der Waals surface area contributed by atoms with Gasteiger partial charge in [-0.25, -0.2) is 0 Å². The quantitative estimate of drug-likeness (QED) is 0.340. The lowest BCUT2D eigenvalue weighted by molar-refractivity contribution is 0.797. The van der Waals surface area contributed by atoms with E-state index in [2.05, 4.69) is 121 Å². The van der Waals surface area contributed by atoms with Crippen LogP contribution in [0.15, 0.2) is 97.1 Å². The Morgan fingerprint density at radius 2 is 1.44 bits per heavy atom.